The van der Waals surface area contributed by atoms with Crippen LogP contribution in [-0.2, 0) is 17.6 Å². The molecule has 1 aromatic rings. The number of morpholine rings is 1. The van der Waals surface area contributed by atoms with E-state index in [4.69, 9.17) is 9.72 Å². The molecule has 1 aromatic heterocycles. The Balaban J connectivity index is 2.14. The molecule has 1 aliphatic heterocycles. The lowest BCUT2D eigenvalue weighted by atomic mass is 9.86. The van der Waals surface area contributed by atoms with Crippen molar-refractivity contribution in [2.24, 2.45) is 0 Å². The molecule has 0 spiro atoms. The van der Waals surface area contributed by atoms with Gasteiger partial charge >= 0.3 is 0 Å². The molecule has 21 heavy (non-hydrogen) atoms. The fourth-order valence-electron chi connectivity index (χ4n) is 3.40. The first-order valence-electron chi connectivity index (χ1n) is 8.00. The van der Waals surface area contributed by atoms with Gasteiger partial charge in [-0.15, -0.1) is 0 Å². The second-order valence-electron chi connectivity index (χ2n) is 6.23. The Bertz CT molecular complexity index is 568. The molecular formula is C17H23N3O. The fourth-order valence-corrected chi connectivity index (χ4v) is 3.40. The standard InChI is InChI=1S/C17H23N3O/c1-12(2)16-15(11-18)13-5-3-4-6-14(13)17(19-16)20-7-9-21-10-8-20/h12H,3-10H2,1-2H3. The first-order valence-corrected chi connectivity index (χ1v) is 8.00. The Morgan fingerprint density at radius 3 is 2.43 bits per heavy atom. The van der Waals surface area contributed by atoms with E-state index in [1.807, 2.05) is 0 Å². The average Bonchev–Trinajstić information content (AvgIpc) is 2.54. The number of rotatable bonds is 2. The summed E-state index contributed by atoms with van der Waals surface area (Å²) in [5.41, 5.74) is 4.41. The molecule has 4 nitrogen and oxygen atoms in total. The van der Waals surface area contributed by atoms with E-state index in [1.165, 1.54) is 24.0 Å². The van der Waals surface area contributed by atoms with Crippen LogP contribution in [0.3, 0.4) is 0 Å². The summed E-state index contributed by atoms with van der Waals surface area (Å²) in [5.74, 6) is 1.40. The Labute approximate surface area is 126 Å². The molecule has 0 aromatic carbocycles. The third-order valence-corrected chi connectivity index (χ3v) is 4.49. The van der Waals surface area contributed by atoms with Gasteiger partial charge in [0.05, 0.1) is 24.5 Å². The number of anilines is 1. The average molecular weight is 285 g/mol. The maximum Gasteiger partial charge on any atom is 0.132 e. The van der Waals surface area contributed by atoms with E-state index in [0.29, 0.717) is 0 Å². The van der Waals surface area contributed by atoms with E-state index >= 15 is 0 Å². The minimum absolute atomic E-state index is 0.284. The van der Waals surface area contributed by atoms with E-state index in [9.17, 15) is 5.26 Å². The number of hydrogen-bond acceptors (Lipinski definition) is 4. The molecule has 2 heterocycles. The number of pyridine rings is 1. The first-order chi connectivity index (χ1) is 10.2. The van der Waals surface area contributed by atoms with Gasteiger partial charge in [-0.1, -0.05) is 13.8 Å². The van der Waals surface area contributed by atoms with Crippen molar-refractivity contribution in [2.45, 2.75) is 45.4 Å². The van der Waals surface area contributed by atoms with Crippen LogP contribution in [0.1, 0.15) is 55.0 Å². The molecule has 0 saturated carbocycles. The molecule has 1 aliphatic carbocycles. The summed E-state index contributed by atoms with van der Waals surface area (Å²) in [6.07, 6.45) is 4.48. The van der Waals surface area contributed by atoms with Gasteiger partial charge in [-0.2, -0.15) is 5.26 Å². The van der Waals surface area contributed by atoms with Crippen LogP contribution in [0.5, 0.6) is 0 Å². The van der Waals surface area contributed by atoms with Gasteiger partial charge in [0.25, 0.3) is 0 Å². The van der Waals surface area contributed by atoms with Gasteiger partial charge in [-0.3, -0.25) is 0 Å². The molecular weight excluding hydrogens is 262 g/mol. The van der Waals surface area contributed by atoms with Crippen molar-refractivity contribution in [2.75, 3.05) is 31.2 Å². The predicted octanol–water partition coefficient (Wildman–Crippen LogP) is 2.79. The van der Waals surface area contributed by atoms with Crippen LogP contribution in [0.4, 0.5) is 5.82 Å². The Kier molecular flexibility index (Phi) is 4.12. The minimum atomic E-state index is 0.284. The molecule has 0 unspecified atom stereocenters. The lowest BCUT2D eigenvalue weighted by Crippen LogP contribution is -2.38. The van der Waals surface area contributed by atoms with Crippen molar-refractivity contribution >= 4 is 5.82 Å². The van der Waals surface area contributed by atoms with E-state index in [1.54, 1.807) is 0 Å². The van der Waals surface area contributed by atoms with Gasteiger partial charge in [-0.05, 0) is 42.7 Å². The molecule has 4 heteroatoms. The van der Waals surface area contributed by atoms with Crippen LogP contribution < -0.4 is 4.90 Å². The molecule has 0 atom stereocenters. The van der Waals surface area contributed by atoms with Crippen LogP contribution >= 0.6 is 0 Å². The van der Waals surface area contributed by atoms with Gasteiger partial charge in [0.2, 0.25) is 0 Å². The van der Waals surface area contributed by atoms with Crippen LogP contribution in [0.15, 0.2) is 0 Å². The molecule has 0 amide bonds. The Morgan fingerprint density at radius 2 is 1.81 bits per heavy atom. The predicted molar refractivity (Wildman–Crippen MR) is 82.7 cm³/mol. The van der Waals surface area contributed by atoms with Crippen LogP contribution in [0.25, 0.3) is 0 Å². The Morgan fingerprint density at radius 1 is 1.14 bits per heavy atom. The van der Waals surface area contributed by atoms with Crippen LogP contribution in [-0.4, -0.2) is 31.3 Å². The number of aromatic nitrogens is 1. The smallest absolute Gasteiger partial charge is 0.132 e. The van der Waals surface area contributed by atoms with E-state index in [0.717, 1.165) is 56.2 Å². The molecule has 0 radical (unpaired) electrons. The number of nitrogens with zero attached hydrogens (tertiary/aromatic N) is 3. The molecule has 3 rings (SSSR count). The highest BCUT2D eigenvalue weighted by atomic mass is 16.5. The fraction of sp³-hybridized carbons (Fsp3) is 0.647. The molecule has 0 N–H and O–H groups in total. The second kappa shape index (κ2) is 6.03. The SMILES string of the molecule is CC(C)c1nc(N2CCOCC2)c2c(c1C#N)CCCC2. The number of ether oxygens (including phenoxy) is 1. The van der Waals surface area contributed by atoms with Crippen molar-refractivity contribution in [3.05, 3.63) is 22.4 Å². The first kappa shape index (κ1) is 14.3. The third-order valence-electron chi connectivity index (χ3n) is 4.49. The second-order valence-corrected chi connectivity index (χ2v) is 6.23. The van der Waals surface area contributed by atoms with Crippen LogP contribution in [0, 0.1) is 11.3 Å². The molecule has 1 fully saturated rings. The molecule has 0 bridgehead atoms. The maximum absolute atomic E-state index is 9.60. The molecule has 112 valence electrons. The van der Waals surface area contributed by atoms with Crippen molar-refractivity contribution in [1.29, 1.82) is 5.26 Å². The molecule has 1 saturated heterocycles. The van der Waals surface area contributed by atoms with Gasteiger partial charge in [0.1, 0.15) is 11.9 Å². The monoisotopic (exact) mass is 285 g/mol. The van der Waals surface area contributed by atoms with Gasteiger partial charge in [0.15, 0.2) is 0 Å². The normalized spacial score (nSPS) is 18.5. The maximum atomic E-state index is 9.60. The quantitative estimate of drug-likeness (QED) is 0.838. The zero-order valence-electron chi connectivity index (χ0n) is 13.0. The summed E-state index contributed by atoms with van der Waals surface area (Å²) in [6, 6.07) is 2.43. The third kappa shape index (κ3) is 2.63. The van der Waals surface area contributed by atoms with Gasteiger partial charge in [0, 0.05) is 13.1 Å². The number of nitriles is 1. The lowest BCUT2D eigenvalue weighted by molar-refractivity contribution is 0.122. The highest BCUT2D eigenvalue weighted by Gasteiger charge is 2.26. The van der Waals surface area contributed by atoms with Crippen LogP contribution in [0.2, 0.25) is 0 Å². The number of hydrogen-bond donors (Lipinski definition) is 0. The highest BCUT2D eigenvalue weighted by molar-refractivity contribution is 5.59. The van der Waals surface area contributed by atoms with Gasteiger partial charge in [-0.25, -0.2) is 4.98 Å². The summed E-state index contributed by atoms with van der Waals surface area (Å²) in [4.78, 5) is 7.28. The Hall–Kier alpha value is -1.60. The summed E-state index contributed by atoms with van der Waals surface area (Å²) in [6.45, 7) is 7.61. The van der Waals surface area contributed by atoms with E-state index in [2.05, 4.69) is 24.8 Å². The van der Waals surface area contributed by atoms with Gasteiger partial charge < -0.3 is 9.64 Å². The molecule has 2 aliphatic rings. The van der Waals surface area contributed by atoms with Crippen molar-refractivity contribution in [3.63, 3.8) is 0 Å². The van der Waals surface area contributed by atoms with Crippen molar-refractivity contribution < 1.29 is 4.74 Å². The summed E-state index contributed by atoms with van der Waals surface area (Å²) in [7, 11) is 0. The lowest BCUT2D eigenvalue weighted by Gasteiger charge is -2.33. The van der Waals surface area contributed by atoms with Crippen molar-refractivity contribution in [1.82, 2.24) is 4.98 Å². The van der Waals surface area contributed by atoms with Crippen molar-refractivity contribution in [3.8, 4) is 6.07 Å². The summed E-state index contributed by atoms with van der Waals surface area (Å²) < 4.78 is 5.47. The largest absolute Gasteiger partial charge is 0.378 e. The zero-order chi connectivity index (χ0) is 14.8. The van der Waals surface area contributed by atoms with E-state index in [-0.39, 0.29) is 5.92 Å². The van der Waals surface area contributed by atoms with E-state index < -0.39 is 0 Å². The summed E-state index contributed by atoms with van der Waals surface area (Å²) >= 11 is 0. The topological polar surface area (TPSA) is 49.2 Å². The minimum Gasteiger partial charge on any atom is -0.378 e. The zero-order valence-corrected chi connectivity index (χ0v) is 13.0. The number of fused-ring (bicyclic) bond motifs is 1. The highest BCUT2D eigenvalue weighted by Crippen LogP contribution is 2.35. The summed E-state index contributed by atoms with van der Waals surface area (Å²) in [5, 5.41) is 9.60.